The van der Waals surface area contributed by atoms with Crippen molar-refractivity contribution in [3.8, 4) is 5.75 Å². The van der Waals surface area contributed by atoms with Gasteiger partial charge in [-0.25, -0.2) is 9.47 Å². The summed E-state index contributed by atoms with van der Waals surface area (Å²) < 4.78 is 7.35. The minimum Gasteiger partial charge on any atom is -0.482 e. The Bertz CT molecular complexity index is 1500. The number of carbonyl (C=O) groups is 2. The van der Waals surface area contributed by atoms with Crippen molar-refractivity contribution in [3.63, 3.8) is 0 Å². The van der Waals surface area contributed by atoms with Gasteiger partial charge in [-0.15, -0.1) is 0 Å². The standard InChI is InChI=1S/C31H29N3O5/c1-21(2)32-20-33(27(23-14-8-4-9-15-23)24-16-10-5-11-17-24)34-25(31(37)38)18-26(35)29(28(34)30(32)36)39-19-22-12-6-3-7-13-22/h3-18,21,27H,19-20H2,1-2H3,(H,37,38). The van der Waals surface area contributed by atoms with Gasteiger partial charge < -0.3 is 14.7 Å². The van der Waals surface area contributed by atoms with Gasteiger partial charge in [-0.2, -0.15) is 0 Å². The molecule has 0 radical (unpaired) electrons. The zero-order chi connectivity index (χ0) is 27.5. The summed E-state index contributed by atoms with van der Waals surface area (Å²) in [4.78, 5) is 41.4. The van der Waals surface area contributed by atoms with Crippen LogP contribution in [0.5, 0.6) is 5.75 Å². The fraction of sp³-hybridized carbons (Fsp3) is 0.194. The molecular weight excluding hydrogens is 494 g/mol. The highest BCUT2D eigenvalue weighted by Crippen LogP contribution is 2.34. The number of amides is 1. The number of hydrogen-bond acceptors (Lipinski definition) is 5. The van der Waals surface area contributed by atoms with Crippen molar-refractivity contribution in [2.75, 3.05) is 11.7 Å². The highest BCUT2D eigenvalue weighted by molar-refractivity contribution is 5.98. The fourth-order valence-electron chi connectivity index (χ4n) is 4.88. The molecule has 39 heavy (non-hydrogen) atoms. The Morgan fingerprint density at radius 2 is 1.41 bits per heavy atom. The zero-order valence-electron chi connectivity index (χ0n) is 21.7. The molecule has 1 aromatic heterocycles. The Balaban J connectivity index is 1.76. The van der Waals surface area contributed by atoms with E-state index in [1.165, 1.54) is 4.68 Å². The van der Waals surface area contributed by atoms with Crippen LogP contribution in [-0.4, -0.2) is 39.3 Å². The minimum atomic E-state index is -1.32. The van der Waals surface area contributed by atoms with Crippen LogP contribution in [0.3, 0.4) is 0 Å². The second-order valence-corrected chi connectivity index (χ2v) is 9.64. The van der Waals surface area contributed by atoms with Gasteiger partial charge in [0.1, 0.15) is 13.3 Å². The molecular formula is C31H29N3O5. The molecule has 0 saturated carbocycles. The summed E-state index contributed by atoms with van der Waals surface area (Å²) in [5.41, 5.74) is 1.53. The quantitative estimate of drug-likeness (QED) is 0.361. The fourth-order valence-corrected chi connectivity index (χ4v) is 4.88. The topological polar surface area (TPSA) is 92.1 Å². The first kappa shape index (κ1) is 25.8. The Morgan fingerprint density at radius 3 is 1.92 bits per heavy atom. The molecule has 1 N–H and O–H groups in total. The van der Waals surface area contributed by atoms with Gasteiger partial charge in [-0.3, -0.25) is 14.6 Å². The average Bonchev–Trinajstić information content (AvgIpc) is 2.95. The summed E-state index contributed by atoms with van der Waals surface area (Å²) >= 11 is 0. The van der Waals surface area contributed by atoms with Gasteiger partial charge in [0.05, 0.1) is 6.04 Å². The van der Waals surface area contributed by atoms with E-state index in [1.54, 1.807) is 4.90 Å². The van der Waals surface area contributed by atoms with Gasteiger partial charge in [0.25, 0.3) is 5.91 Å². The molecule has 8 nitrogen and oxygen atoms in total. The SMILES string of the molecule is CC(C)N1CN(C(c2ccccc2)c2ccccc2)n2c(C(=O)O)cc(=O)c(OCc3ccccc3)c2C1=O. The van der Waals surface area contributed by atoms with E-state index in [1.807, 2.05) is 110 Å². The van der Waals surface area contributed by atoms with Crippen molar-refractivity contribution in [3.05, 3.63) is 135 Å². The number of hydrogen-bond donors (Lipinski definition) is 1. The van der Waals surface area contributed by atoms with Crippen LogP contribution < -0.4 is 15.2 Å². The molecule has 0 aliphatic carbocycles. The van der Waals surface area contributed by atoms with Crippen molar-refractivity contribution in [2.45, 2.75) is 32.5 Å². The number of carboxylic acids is 1. The normalized spacial score (nSPS) is 13.1. The van der Waals surface area contributed by atoms with Crippen LogP contribution in [0.25, 0.3) is 0 Å². The van der Waals surface area contributed by atoms with Crippen LogP contribution in [0.15, 0.2) is 102 Å². The first-order valence-corrected chi connectivity index (χ1v) is 12.7. The van der Waals surface area contributed by atoms with Gasteiger partial charge in [0, 0.05) is 12.1 Å². The summed E-state index contributed by atoms with van der Waals surface area (Å²) in [6.07, 6.45) is 0. The molecule has 0 saturated heterocycles. The number of ether oxygens (including phenoxy) is 1. The molecule has 0 fully saturated rings. The Morgan fingerprint density at radius 1 is 0.872 bits per heavy atom. The molecule has 5 rings (SSSR count). The number of benzene rings is 3. The van der Waals surface area contributed by atoms with Crippen LogP contribution >= 0.6 is 0 Å². The molecule has 0 unspecified atom stereocenters. The van der Waals surface area contributed by atoms with Crippen molar-refractivity contribution < 1.29 is 19.4 Å². The van der Waals surface area contributed by atoms with Gasteiger partial charge in [0.15, 0.2) is 17.1 Å². The maximum Gasteiger partial charge on any atom is 0.354 e. The summed E-state index contributed by atoms with van der Waals surface area (Å²) in [6.45, 7) is 3.91. The van der Waals surface area contributed by atoms with Crippen molar-refractivity contribution in [2.24, 2.45) is 0 Å². The average molecular weight is 524 g/mol. The van der Waals surface area contributed by atoms with E-state index in [-0.39, 0.29) is 36.5 Å². The Labute approximate surface area is 226 Å². The van der Waals surface area contributed by atoms with Crippen LogP contribution in [0.2, 0.25) is 0 Å². The summed E-state index contributed by atoms with van der Waals surface area (Å²) in [7, 11) is 0. The van der Waals surface area contributed by atoms with E-state index >= 15 is 0 Å². The predicted molar refractivity (Wildman–Crippen MR) is 148 cm³/mol. The first-order valence-electron chi connectivity index (χ1n) is 12.7. The third-order valence-electron chi connectivity index (χ3n) is 6.76. The number of carboxylic acid groups (broad SMARTS) is 1. The lowest BCUT2D eigenvalue weighted by Crippen LogP contribution is -2.58. The van der Waals surface area contributed by atoms with Crippen molar-refractivity contribution in [1.82, 2.24) is 9.58 Å². The number of aromatic carboxylic acids is 1. The lowest BCUT2D eigenvalue weighted by Gasteiger charge is -2.46. The Hall–Kier alpha value is -4.85. The molecule has 1 aliphatic heterocycles. The monoisotopic (exact) mass is 523 g/mol. The van der Waals surface area contributed by atoms with Crippen molar-refractivity contribution >= 4 is 11.9 Å². The van der Waals surface area contributed by atoms with E-state index in [0.29, 0.717) is 0 Å². The third kappa shape index (κ3) is 5.01. The minimum absolute atomic E-state index is 0.0469. The number of pyridine rings is 1. The predicted octanol–water partition coefficient (Wildman–Crippen LogP) is 4.67. The molecule has 1 aliphatic rings. The third-order valence-corrected chi connectivity index (χ3v) is 6.76. The van der Waals surface area contributed by atoms with Gasteiger partial charge >= 0.3 is 5.97 Å². The molecule has 8 heteroatoms. The number of fused-ring (bicyclic) bond motifs is 1. The first-order chi connectivity index (χ1) is 18.9. The maximum absolute atomic E-state index is 13.9. The number of nitrogens with zero attached hydrogens (tertiary/aromatic N) is 3. The molecule has 198 valence electrons. The molecule has 3 aromatic carbocycles. The summed E-state index contributed by atoms with van der Waals surface area (Å²) in [5, 5.41) is 12.0. The van der Waals surface area contributed by atoms with Gasteiger partial charge in [-0.1, -0.05) is 91.0 Å². The van der Waals surface area contributed by atoms with Crippen LogP contribution in [0.4, 0.5) is 0 Å². The molecule has 2 heterocycles. The summed E-state index contributed by atoms with van der Waals surface area (Å²) in [6, 6.07) is 28.9. The van der Waals surface area contributed by atoms with Gasteiger partial charge in [-0.05, 0) is 30.5 Å². The van der Waals surface area contributed by atoms with E-state index < -0.39 is 23.3 Å². The maximum atomic E-state index is 13.9. The summed E-state index contributed by atoms with van der Waals surface area (Å²) in [5.74, 6) is -1.97. The number of aromatic nitrogens is 1. The lowest BCUT2D eigenvalue weighted by atomic mass is 9.98. The van der Waals surface area contributed by atoms with Gasteiger partial charge in [0.2, 0.25) is 5.43 Å². The molecule has 0 spiro atoms. The molecule has 0 atom stereocenters. The smallest absolute Gasteiger partial charge is 0.354 e. The van der Waals surface area contributed by atoms with Crippen LogP contribution in [-0.2, 0) is 6.61 Å². The second-order valence-electron chi connectivity index (χ2n) is 9.64. The highest BCUT2D eigenvalue weighted by atomic mass is 16.5. The largest absolute Gasteiger partial charge is 0.482 e. The second kappa shape index (κ2) is 10.9. The van der Waals surface area contributed by atoms with E-state index in [2.05, 4.69) is 0 Å². The Kier molecular flexibility index (Phi) is 7.19. The van der Waals surface area contributed by atoms with Crippen LogP contribution in [0, 0.1) is 0 Å². The number of carbonyl (C=O) groups excluding carboxylic acids is 1. The van der Waals surface area contributed by atoms with E-state index in [4.69, 9.17) is 4.74 Å². The van der Waals surface area contributed by atoms with E-state index in [9.17, 15) is 19.5 Å². The van der Waals surface area contributed by atoms with Crippen molar-refractivity contribution in [1.29, 1.82) is 0 Å². The highest BCUT2D eigenvalue weighted by Gasteiger charge is 2.40. The molecule has 1 amide bonds. The molecule has 0 bridgehead atoms. The lowest BCUT2D eigenvalue weighted by molar-refractivity contribution is 0.0599. The zero-order valence-corrected chi connectivity index (χ0v) is 21.7. The van der Waals surface area contributed by atoms with E-state index in [0.717, 1.165) is 22.8 Å². The van der Waals surface area contributed by atoms with Crippen LogP contribution in [0.1, 0.15) is 57.6 Å². The number of rotatable bonds is 8. The molecule has 4 aromatic rings.